The Morgan fingerprint density at radius 3 is 3.13 bits per heavy atom. The van der Waals surface area contributed by atoms with Crippen molar-refractivity contribution in [3.8, 4) is 0 Å². The Kier molecular flexibility index (Phi) is 5.49. The van der Waals surface area contributed by atoms with Gasteiger partial charge in [0.15, 0.2) is 0 Å². The highest BCUT2D eigenvalue weighted by Gasteiger charge is 2.18. The van der Waals surface area contributed by atoms with Crippen LogP contribution in [-0.2, 0) is 6.54 Å². The Bertz CT molecular complexity index is 307. The third-order valence-corrected chi connectivity index (χ3v) is 3.96. The molecule has 0 amide bonds. The van der Waals surface area contributed by atoms with Crippen molar-refractivity contribution in [2.75, 3.05) is 19.6 Å². The smallest absolute Gasteiger partial charge is 0.108 e. The summed E-state index contributed by atoms with van der Waals surface area (Å²) in [6, 6.07) is 0.617. The van der Waals surface area contributed by atoms with Gasteiger partial charge in [-0.05, 0) is 22.9 Å². The monoisotopic (exact) mass is 311 g/mol. The summed E-state index contributed by atoms with van der Waals surface area (Å²) in [4.78, 5) is 6.83. The van der Waals surface area contributed by atoms with Crippen LogP contribution in [0.2, 0.25) is 0 Å². The summed E-state index contributed by atoms with van der Waals surface area (Å²) in [6.07, 6.45) is 1.88. The summed E-state index contributed by atoms with van der Waals surface area (Å²) in [7, 11) is 0. The van der Waals surface area contributed by atoms with Crippen molar-refractivity contribution in [1.29, 1.82) is 0 Å². The number of piperazine rings is 1. The molecule has 3 nitrogen and oxygen atoms in total. The van der Waals surface area contributed by atoms with Gasteiger partial charge in [-0.1, -0.05) is 0 Å². The molecule has 6 heteroatoms. The lowest BCUT2D eigenvalue weighted by molar-refractivity contribution is 0.165. The second-order valence-electron chi connectivity index (χ2n) is 3.58. The molecule has 1 aromatic rings. The molecule has 15 heavy (non-hydrogen) atoms. The largest absolute Gasteiger partial charge is 0.314 e. The van der Waals surface area contributed by atoms with Crippen LogP contribution in [0.15, 0.2) is 9.98 Å². The molecule has 1 unspecified atom stereocenters. The lowest BCUT2D eigenvalue weighted by atomic mass is 10.2. The van der Waals surface area contributed by atoms with Gasteiger partial charge in [-0.25, -0.2) is 4.98 Å². The minimum absolute atomic E-state index is 0. The summed E-state index contributed by atoms with van der Waals surface area (Å²) in [6.45, 7) is 6.55. The molecule has 0 spiro atoms. The normalized spacial score (nSPS) is 22.4. The molecular formula is C9H15BrClN3S. The second kappa shape index (κ2) is 6.15. The van der Waals surface area contributed by atoms with E-state index in [9.17, 15) is 0 Å². The summed E-state index contributed by atoms with van der Waals surface area (Å²) >= 11 is 5.16. The maximum Gasteiger partial charge on any atom is 0.108 e. The van der Waals surface area contributed by atoms with E-state index in [1.807, 2.05) is 6.20 Å². The Morgan fingerprint density at radius 1 is 1.73 bits per heavy atom. The predicted molar refractivity (Wildman–Crippen MR) is 69.8 cm³/mol. The van der Waals surface area contributed by atoms with Crippen molar-refractivity contribution in [2.45, 2.75) is 19.5 Å². The Balaban J connectivity index is 0.00000112. The first-order valence-corrected chi connectivity index (χ1v) is 6.41. The van der Waals surface area contributed by atoms with Crippen LogP contribution in [0.1, 0.15) is 11.9 Å². The van der Waals surface area contributed by atoms with Gasteiger partial charge in [0.2, 0.25) is 0 Å². The molecule has 0 bridgehead atoms. The van der Waals surface area contributed by atoms with E-state index in [-0.39, 0.29) is 12.4 Å². The number of halogens is 2. The molecule has 0 radical (unpaired) electrons. The number of rotatable bonds is 2. The zero-order valence-corrected chi connectivity index (χ0v) is 11.8. The molecule has 2 rings (SSSR count). The van der Waals surface area contributed by atoms with E-state index in [0.29, 0.717) is 6.04 Å². The van der Waals surface area contributed by atoms with E-state index in [4.69, 9.17) is 0 Å². The molecule has 2 heterocycles. The lowest BCUT2D eigenvalue weighted by Crippen LogP contribution is -2.49. The fourth-order valence-corrected chi connectivity index (χ4v) is 2.98. The fraction of sp³-hybridized carbons (Fsp3) is 0.667. The zero-order chi connectivity index (χ0) is 9.97. The van der Waals surface area contributed by atoms with Crippen molar-refractivity contribution in [3.63, 3.8) is 0 Å². The van der Waals surface area contributed by atoms with E-state index in [2.05, 4.69) is 38.1 Å². The van der Waals surface area contributed by atoms with Crippen LogP contribution in [0.5, 0.6) is 0 Å². The summed E-state index contributed by atoms with van der Waals surface area (Å²) < 4.78 is 1.12. The van der Waals surface area contributed by atoms with Gasteiger partial charge in [0.25, 0.3) is 0 Å². The molecule has 1 aliphatic heterocycles. The Hall–Kier alpha value is 0.320. The summed E-state index contributed by atoms with van der Waals surface area (Å²) in [5, 5.41) is 4.59. The van der Waals surface area contributed by atoms with Gasteiger partial charge in [-0.15, -0.1) is 23.7 Å². The second-order valence-corrected chi connectivity index (χ2v) is 6.08. The van der Waals surface area contributed by atoms with Gasteiger partial charge in [0.1, 0.15) is 5.01 Å². The molecule has 1 aromatic heterocycles. The first-order chi connectivity index (χ1) is 6.75. The molecule has 0 aliphatic carbocycles. The van der Waals surface area contributed by atoms with Gasteiger partial charge in [0.05, 0.1) is 16.5 Å². The molecule has 1 fully saturated rings. The molecule has 1 aliphatic rings. The standard InChI is InChI=1S/C9H14BrN3S.ClH/c1-7-4-11-2-3-13(7)6-9-12-5-8(10)14-9;/h5,7,11H,2-4,6H2,1H3;1H. The molecule has 0 aromatic carbocycles. The summed E-state index contributed by atoms with van der Waals surface area (Å²) in [5.74, 6) is 0. The van der Waals surface area contributed by atoms with Crippen LogP contribution in [0.25, 0.3) is 0 Å². The lowest BCUT2D eigenvalue weighted by Gasteiger charge is -2.33. The van der Waals surface area contributed by atoms with Crippen LogP contribution >= 0.6 is 39.7 Å². The van der Waals surface area contributed by atoms with Crippen LogP contribution in [0.3, 0.4) is 0 Å². The van der Waals surface area contributed by atoms with Gasteiger partial charge >= 0.3 is 0 Å². The van der Waals surface area contributed by atoms with Gasteiger partial charge in [-0.2, -0.15) is 0 Å². The molecule has 1 atom stereocenters. The van der Waals surface area contributed by atoms with Gasteiger partial charge < -0.3 is 5.32 Å². The number of nitrogens with zero attached hydrogens (tertiary/aromatic N) is 2. The van der Waals surface area contributed by atoms with Crippen molar-refractivity contribution in [3.05, 3.63) is 15.0 Å². The Morgan fingerprint density at radius 2 is 2.53 bits per heavy atom. The fourth-order valence-electron chi connectivity index (χ4n) is 1.65. The van der Waals surface area contributed by atoms with Crippen LogP contribution < -0.4 is 5.32 Å². The van der Waals surface area contributed by atoms with Crippen molar-refractivity contribution >= 4 is 39.7 Å². The number of thiazole rings is 1. The first-order valence-electron chi connectivity index (χ1n) is 4.80. The number of nitrogens with one attached hydrogen (secondary N) is 1. The number of hydrogen-bond acceptors (Lipinski definition) is 4. The molecule has 0 saturated carbocycles. The van der Waals surface area contributed by atoms with Crippen LogP contribution in [0, 0.1) is 0 Å². The van der Waals surface area contributed by atoms with Crippen molar-refractivity contribution < 1.29 is 0 Å². The van der Waals surface area contributed by atoms with E-state index >= 15 is 0 Å². The highest BCUT2D eigenvalue weighted by atomic mass is 79.9. The average Bonchev–Trinajstić information content (AvgIpc) is 2.56. The minimum atomic E-state index is 0. The number of hydrogen-bond donors (Lipinski definition) is 1. The van der Waals surface area contributed by atoms with E-state index in [1.54, 1.807) is 11.3 Å². The topological polar surface area (TPSA) is 28.2 Å². The third kappa shape index (κ3) is 3.67. The molecule has 1 saturated heterocycles. The predicted octanol–water partition coefficient (Wildman–Crippen LogP) is 2.12. The van der Waals surface area contributed by atoms with Crippen molar-refractivity contribution in [2.24, 2.45) is 0 Å². The Labute approximate surface area is 109 Å². The maximum absolute atomic E-state index is 4.35. The third-order valence-electron chi connectivity index (χ3n) is 2.50. The first kappa shape index (κ1) is 13.4. The van der Waals surface area contributed by atoms with Crippen LogP contribution in [-0.4, -0.2) is 35.6 Å². The van der Waals surface area contributed by atoms with E-state index in [0.717, 1.165) is 30.0 Å². The quantitative estimate of drug-likeness (QED) is 0.907. The minimum Gasteiger partial charge on any atom is -0.314 e. The number of aromatic nitrogens is 1. The van der Waals surface area contributed by atoms with E-state index in [1.165, 1.54) is 5.01 Å². The van der Waals surface area contributed by atoms with Crippen molar-refractivity contribution in [1.82, 2.24) is 15.2 Å². The maximum atomic E-state index is 4.35. The van der Waals surface area contributed by atoms with Gasteiger partial charge in [0, 0.05) is 25.7 Å². The van der Waals surface area contributed by atoms with Crippen LogP contribution in [0.4, 0.5) is 0 Å². The molecular weight excluding hydrogens is 298 g/mol. The summed E-state index contributed by atoms with van der Waals surface area (Å²) in [5.41, 5.74) is 0. The SMILES string of the molecule is CC1CNCCN1Cc1ncc(Br)s1.Cl. The molecule has 86 valence electrons. The van der Waals surface area contributed by atoms with Gasteiger partial charge in [-0.3, -0.25) is 4.90 Å². The highest BCUT2D eigenvalue weighted by molar-refractivity contribution is 9.11. The zero-order valence-electron chi connectivity index (χ0n) is 8.57. The highest BCUT2D eigenvalue weighted by Crippen LogP contribution is 2.21. The van der Waals surface area contributed by atoms with E-state index < -0.39 is 0 Å². The average molecular weight is 313 g/mol. The molecule has 1 N–H and O–H groups in total.